The summed E-state index contributed by atoms with van der Waals surface area (Å²) in [5.74, 6) is 1.33. The van der Waals surface area contributed by atoms with Gasteiger partial charge in [0.05, 0.1) is 11.2 Å². The first-order chi connectivity index (χ1) is 25.2. The van der Waals surface area contributed by atoms with Crippen molar-refractivity contribution < 1.29 is 4.39 Å². The quantitative estimate of drug-likeness (QED) is 0.182. The molecule has 0 N–H and O–H groups in total. The lowest BCUT2D eigenvalue weighted by molar-refractivity contribution is 0.628. The summed E-state index contributed by atoms with van der Waals surface area (Å²) in [7, 11) is 0. The first-order valence-electron chi connectivity index (χ1n) is 16.9. The maximum atomic E-state index is 15.0. The van der Waals surface area contributed by atoms with Crippen LogP contribution in [0.4, 0.5) is 4.39 Å². The molecule has 51 heavy (non-hydrogen) atoms. The van der Waals surface area contributed by atoms with Crippen molar-refractivity contribution in [2.24, 2.45) is 0 Å². The summed E-state index contributed by atoms with van der Waals surface area (Å²) in [6, 6.07) is 48.3. The van der Waals surface area contributed by atoms with Gasteiger partial charge in [0, 0.05) is 70.7 Å². The van der Waals surface area contributed by atoms with Gasteiger partial charge in [0.1, 0.15) is 5.82 Å². The fraction of sp³-hybridized carbons (Fsp3) is 0.0444. The van der Waals surface area contributed by atoms with E-state index in [1.54, 1.807) is 0 Å². The van der Waals surface area contributed by atoms with E-state index in [-0.39, 0.29) is 5.82 Å². The molecule has 0 spiro atoms. The fourth-order valence-corrected chi connectivity index (χ4v) is 8.45. The normalized spacial score (nSPS) is 12.4. The predicted molar refractivity (Wildman–Crippen MR) is 206 cm³/mol. The van der Waals surface area contributed by atoms with E-state index >= 15 is 4.39 Å². The van der Waals surface area contributed by atoms with E-state index < -0.39 is 0 Å². The molecule has 9 aromatic rings. The number of thiophene rings is 1. The smallest absolute Gasteiger partial charge is 0.164 e. The first-order valence-corrected chi connectivity index (χ1v) is 17.8. The number of benzene rings is 5. The van der Waals surface area contributed by atoms with Gasteiger partial charge in [0.25, 0.3) is 0 Å². The monoisotopic (exact) mass is 674 g/mol. The Kier molecular flexibility index (Phi) is 6.87. The predicted octanol–water partition coefficient (Wildman–Crippen LogP) is 11.6. The second kappa shape index (κ2) is 11.9. The Morgan fingerprint density at radius 2 is 1.37 bits per heavy atom. The molecule has 10 rings (SSSR count). The van der Waals surface area contributed by atoms with Crippen molar-refractivity contribution >= 4 is 48.5 Å². The van der Waals surface area contributed by atoms with Gasteiger partial charge in [-0.2, -0.15) is 0 Å². The van der Waals surface area contributed by atoms with Crippen molar-refractivity contribution in [1.82, 2.24) is 19.5 Å². The number of allylic oxidation sites excluding steroid dienone is 1. The van der Waals surface area contributed by atoms with E-state index in [4.69, 9.17) is 15.0 Å². The number of hydrogen-bond acceptors (Lipinski definition) is 4. The Labute approximate surface area is 297 Å². The lowest BCUT2D eigenvalue weighted by atomic mass is 10.00. The molecule has 0 unspecified atom stereocenters. The van der Waals surface area contributed by atoms with Gasteiger partial charge >= 0.3 is 0 Å². The van der Waals surface area contributed by atoms with Gasteiger partial charge < -0.3 is 4.57 Å². The summed E-state index contributed by atoms with van der Waals surface area (Å²) in [4.78, 5) is 14.9. The van der Waals surface area contributed by atoms with E-state index in [2.05, 4.69) is 83.4 Å². The molecule has 6 heteroatoms. The minimum atomic E-state index is -0.369. The number of aromatic nitrogens is 4. The third-order valence-corrected chi connectivity index (χ3v) is 10.8. The Balaban J connectivity index is 1.27. The Morgan fingerprint density at radius 3 is 2.12 bits per heavy atom. The van der Waals surface area contributed by atoms with Crippen LogP contribution in [-0.2, 0) is 6.42 Å². The van der Waals surface area contributed by atoms with Gasteiger partial charge in [0.15, 0.2) is 17.5 Å². The molecule has 4 nitrogen and oxygen atoms in total. The fourth-order valence-electron chi connectivity index (χ4n) is 7.35. The Hall–Kier alpha value is -6.42. The molecule has 0 saturated carbocycles. The maximum Gasteiger partial charge on any atom is 0.164 e. The largest absolute Gasteiger partial charge is 0.312 e. The maximum absolute atomic E-state index is 15.0. The van der Waals surface area contributed by atoms with Crippen LogP contribution in [0.15, 0.2) is 133 Å². The highest BCUT2D eigenvalue weighted by Gasteiger charge is 2.25. The second-order valence-corrected chi connectivity index (χ2v) is 13.8. The molecule has 3 heterocycles. The van der Waals surface area contributed by atoms with Crippen molar-refractivity contribution in [1.29, 1.82) is 0 Å². The molecule has 0 fully saturated rings. The summed E-state index contributed by atoms with van der Waals surface area (Å²) in [6.07, 6.45) is 6.35. The van der Waals surface area contributed by atoms with E-state index in [9.17, 15) is 0 Å². The molecular formula is C45H27FN4S. The topological polar surface area (TPSA) is 43.6 Å². The van der Waals surface area contributed by atoms with E-state index in [0.717, 1.165) is 46.3 Å². The molecule has 0 atom stereocenters. The van der Waals surface area contributed by atoms with Gasteiger partial charge in [-0.1, -0.05) is 109 Å². The van der Waals surface area contributed by atoms with Crippen molar-refractivity contribution in [3.05, 3.63) is 163 Å². The van der Waals surface area contributed by atoms with Crippen molar-refractivity contribution in [3.63, 3.8) is 0 Å². The van der Waals surface area contributed by atoms with Crippen molar-refractivity contribution in [2.75, 3.05) is 0 Å². The highest BCUT2D eigenvalue weighted by atomic mass is 32.1. The van der Waals surface area contributed by atoms with E-state index in [1.807, 2.05) is 72.0 Å². The minimum Gasteiger partial charge on any atom is -0.312 e. The van der Waals surface area contributed by atoms with Crippen LogP contribution in [0.2, 0.25) is 0 Å². The van der Waals surface area contributed by atoms with E-state index in [1.165, 1.54) is 48.9 Å². The van der Waals surface area contributed by atoms with Crippen LogP contribution in [0.5, 0.6) is 0 Å². The third kappa shape index (κ3) is 4.93. The molecule has 240 valence electrons. The van der Waals surface area contributed by atoms with Crippen LogP contribution in [0, 0.1) is 17.9 Å². The van der Waals surface area contributed by atoms with Crippen LogP contribution in [-0.4, -0.2) is 19.5 Å². The first kappa shape index (κ1) is 29.5. The summed E-state index contributed by atoms with van der Waals surface area (Å²) in [5.41, 5.74) is 8.58. The molecule has 6 aromatic carbocycles. The highest BCUT2D eigenvalue weighted by Crippen LogP contribution is 2.45. The Morgan fingerprint density at radius 1 is 0.667 bits per heavy atom. The zero-order valence-electron chi connectivity index (χ0n) is 27.3. The molecule has 1 aliphatic carbocycles. The molecule has 0 bridgehead atoms. The summed E-state index contributed by atoms with van der Waals surface area (Å²) in [5, 5.41) is 3.68. The number of nitrogens with zero attached hydrogens (tertiary/aromatic N) is 4. The zero-order chi connectivity index (χ0) is 33.9. The van der Waals surface area contributed by atoms with Crippen LogP contribution in [0.3, 0.4) is 0 Å². The SMILES string of the molecule is Fc1cc#cc(-c2cc(-c3nc(-c4ccccc4)nc(-c4ccccc4)n3)ccc2-n2c3c(c4ccc5sc6ccccc6c5c42)C=CCC3)c1. The lowest BCUT2D eigenvalue weighted by Gasteiger charge is -2.18. The van der Waals surface area contributed by atoms with Gasteiger partial charge in [-0.3, -0.25) is 0 Å². The summed E-state index contributed by atoms with van der Waals surface area (Å²) >= 11 is 1.81. The number of halogens is 1. The molecule has 0 radical (unpaired) electrons. The Bertz CT molecular complexity index is 2760. The summed E-state index contributed by atoms with van der Waals surface area (Å²) in [6.45, 7) is 0. The van der Waals surface area contributed by atoms with Gasteiger partial charge in [-0.25, -0.2) is 19.3 Å². The van der Waals surface area contributed by atoms with Gasteiger partial charge in [0.2, 0.25) is 0 Å². The molecular weight excluding hydrogens is 648 g/mol. The van der Waals surface area contributed by atoms with E-state index in [0.29, 0.717) is 23.0 Å². The molecule has 0 aliphatic heterocycles. The standard InChI is InChI=1S/C45H27FN4S/c46-32-17-11-16-30(26-32)36-27-31(45-48-43(28-12-3-1-4-13-28)47-44(49-45)29-14-5-2-6-15-29)22-24-38(36)50-37-20-9-7-18-33(37)34-23-25-40-41(42(34)50)35-19-8-10-21-39(35)51-40/h1-8,10,12-15,17-19,21-27H,9,20H2. The molecule has 1 aliphatic rings. The lowest BCUT2D eigenvalue weighted by Crippen LogP contribution is -2.06. The average Bonchev–Trinajstić information content (AvgIpc) is 3.74. The number of fused-ring (bicyclic) bond motifs is 7. The molecule has 0 amide bonds. The van der Waals surface area contributed by atoms with Crippen LogP contribution in [0.1, 0.15) is 17.7 Å². The third-order valence-electron chi connectivity index (χ3n) is 9.63. The zero-order valence-corrected chi connectivity index (χ0v) is 28.1. The van der Waals surface area contributed by atoms with Crippen molar-refractivity contribution in [3.8, 4) is 51.0 Å². The minimum absolute atomic E-state index is 0.369. The molecule has 3 aromatic heterocycles. The second-order valence-electron chi connectivity index (χ2n) is 12.7. The van der Waals surface area contributed by atoms with Crippen LogP contribution in [0.25, 0.3) is 88.1 Å². The van der Waals surface area contributed by atoms with Gasteiger partial charge in [-0.05, 0) is 49.2 Å². The summed E-state index contributed by atoms with van der Waals surface area (Å²) < 4.78 is 19.9. The number of rotatable bonds is 5. The number of hydrogen-bond donors (Lipinski definition) is 0. The van der Waals surface area contributed by atoms with Crippen molar-refractivity contribution in [2.45, 2.75) is 12.8 Å². The van der Waals surface area contributed by atoms with Crippen LogP contribution < -0.4 is 0 Å². The van der Waals surface area contributed by atoms with Crippen LogP contribution >= 0.6 is 11.3 Å². The van der Waals surface area contributed by atoms with Gasteiger partial charge in [-0.15, -0.1) is 11.3 Å². The highest BCUT2D eigenvalue weighted by molar-refractivity contribution is 7.26. The average molecular weight is 675 g/mol. The molecule has 0 saturated heterocycles.